The number of halogens is 3. The number of anilines is 1. The molecule has 1 saturated heterocycles. The molecule has 12 heteroatoms. The van der Waals surface area contributed by atoms with E-state index >= 15 is 0 Å². The van der Waals surface area contributed by atoms with E-state index in [-0.39, 0.29) is 35.9 Å². The van der Waals surface area contributed by atoms with Gasteiger partial charge in [-0.1, -0.05) is 31.5 Å². The van der Waals surface area contributed by atoms with E-state index in [1.54, 1.807) is 17.0 Å². The van der Waals surface area contributed by atoms with E-state index in [2.05, 4.69) is 22.1 Å². The summed E-state index contributed by atoms with van der Waals surface area (Å²) in [5.74, 6) is -0.527. The molecule has 0 aliphatic carbocycles. The lowest BCUT2D eigenvalue weighted by molar-refractivity contribution is 0.122. The summed E-state index contributed by atoms with van der Waals surface area (Å²) < 4.78 is 56.1. The van der Waals surface area contributed by atoms with Crippen LogP contribution in [0, 0.1) is 11.6 Å². The predicted octanol–water partition coefficient (Wildman–Crippen LogP) is 6.42. The predicted molar refractivity (Wildman–Crippen MR) is 162 cm³/mol. The number of carbonyl (C=O) groups excluding carboxylic acids is 1. The van der Waals surface area contributed by atoms with Gasteiger partial charge in [0, 0.05) is 56.8 Å². The zero-order chi connectivity index (χ0) is 29.4. The molecule has 1 N–H and O–H groups in total. The van der Waals surface area contributed by atoms with E-state index in [9.17, 15) is 22.0 Å². The van der Waals surface area contributed by atoms with Crippen molar-refractivity contribution in [2.75, 3.05) is 31.2 Å². The summed E-state index contributed by atoms with van der Waals surface area (Å²) in [4.78, 5) is 21.4. The lowest BCUT2D eigenvalue weighted by Gasteiger charge is -2.38. The molecule has 0 saturated carbocycles. The molecule has 8 nitrogen and oxygen atoms in total. The number of amides is 2. The first-order valence-corrected chi connectivity index (χ1v) is 15.8. The SMILES string of the molecule is CCCCN(C(=O)Nc1ccc(F)cc1F)C1CCN(Cc2ccc(Oc3ccc(CS(C)(=O)=O)cn3)cc2)CC1.Cl. The average molecular weight is 623 g/mol. The second-order valence-electron chi connectivity index (χ2n) is 10.4. The van der Waals surface area contributed by atoms with Crippen LogP contribution in [0.25, 0.3) is 0 Å². The van der Waals surface area contributed by atoms with E-state index in [0.717, 1.165) is 63.0 Å². The number of rotatable bonds is 11. The van der Waals surface area contributed by atoms with Gasteiger partial charge in [0.15, 0.2) is 9.84 Å². The van der Waals surface area contributed by atoms with Gasteiger partial charge in [0.2, 0.25) is 5.88 Å². The summed E-state index contributed by atoms with van der Waals surface area (Å²) >= 11 is 0. The molecule has 3 aromatic rings. The number of likely N-dealkylation sites (tertiary alicyclic amines) is 1. The largest absolute Gasteiger partial charge is 0.439 e. The molecule has 2 amide bonds. The first-order valence-electron chi connectivity index (χ1n) is 13.7. The summed E-state index contributed by atoms with van der Waals surface area (Å²) in [5, 5.41) is 2.62. The maximum absolute atomic E-state index is 14.1. The minimum atomic E-state index is -3.12. The average Bonchev–Trinajstić information content (AvgIpc) is 2.93. The lowest BCUT2D eigenvalue weighted by atomic mass is 10.0. The van der Waals surface area contributed by atoms with Crippen LogP contribution in [-0.4, -0.2) is 61.2 Å². The molecule has 1 aromatic heterocycles. The first kappa shape index (κ1) is 33.2. The third-order valence-electron chi connectivity index (χ3n) is 6.96. The first-order chi connectivity index (χ1) is 19.6. The van der Waals surface area contributed by atoms with Gasteiger partial charge in [-0.25, -0.2) is 27.0 Å². The molecular formula is C30H37ClF2N4O4S. The van der Waals surface area contributed by atoms with Gasteiger partial charge in [-0.2, -0.15) is 0 Å². The Hall–Kier alpha value is -3.28. The molecule has 0 bridgehead atoms. The fourth-order valence-corrected chi connectivity index (χ4v) is 5.62. The molecule has 0 atom stereocenters. The van der Waals surface area contributed by atoms with Crippen LogP contribution in [0.2, 0.25) is 0 Å². The van der Waals surface area contributed by atoms with Gasteiger partial charge < -0.3 is 15.0 Å². The molecule has 0 spiro atoms. The summed E-state index contributed by atoms with van der Waals surface area (Å²) in [6, 6.07) is 13.9. The number of urea groups is 1. The van der Waals surface area contributed by atoms with Crippen LogP contribution in [0.4, 0.5) is 19.3 Å². The summed E-state index contributed by atoms with van der Waals surface area (Å²) in [7, 11) is -3.12. The Morgan fingerprint density at radius 2 is 1.76 bits per heavy atom. The molecule has 1 fully saturated rings. The van der Waals surface area contributed by atoms with Crippen LogP contribution >= 0.6 is 12.4 Å². The number of carbonyl (C=O) groups is 1. The Kier molecular flexibility index (Phi) is 12.1. The van der Waals surface area contributed by atoms with Crippen molar-refractivity contribution in [1.82, 2.24) is 14.8 Å². The molecule has 1 aliphatic rings. The minimum Gasteiger partial charge on any atom is -0.439 e. The van der Waals surface area contributed by atoms with Crippen LogP contribution < -0.4 is 10.1 Å². The van der Waals surface area contributed by atoms with Crippen LogP contribution in [0.1, 0.15) is 43.7 Å². The highest BCUT2D eigenvalue weighted by molar-refractivity contribution is 7.89. The van der Waals surface area contributed by atoms with Crippen molar-refractivity contribution in [3.63, 3.8) is 0 Å². The molecule has 42 heavy (non-hydrogen) atoms. The Balaban J connectivity index is 0.00000484. The molecular weight excluding hydrogens is 586 g/mol. The third kappa shape index (κ3) is 9.92. The standard InChI is InChI=1S/C30H36F2N4O4S.ClH/c1-3-4-15-36(30(37)34-28-11-8-24(31)18-27(28)32)25-13-16-35(17-14-25)20-22-5-9-26(10-6-22)40-29-12-7-23(19-33-29)21-41(2,38)39;/h5-12,18-19,25H,3-4,13-17,20-21H2,1-2H3,(H,34,37);1H. The van der Waals surface area contributed by atoms with Crippen molar-refractivity contribution >= 4 is 34.0 Å². The molecule has 2 heterocycles. The Morgan fingerprint density at radius 3 is 2.36 bits per heavy atom. The van der Waals surface area contributed by atoms with Gasteiger partial charge in [0.1, 0.15) is 17.4 Å². The van der Waals surface area contributed by atoms with Crippen molar-refractivity contribution in [1.29, 1.82) is 0 Å². The topological polar surface area (TPSA) is 91.8 Å². The fraction of sp³-hybridized carbons (Fsp3) is 0.400. The Bertz CT molecular complexity index is 1420. The number of pyridine rings is 1. The number of nitrogens with one attached hydrogen (secondary N) is 1. The van der Waals surface area contributed by atoms with Crippen molar-refractivity contribution in [2.45, 2.75) is 50.9 Å². The Morgan fingerprint density at radius 1 is 1.07 bits per heavy atom. The van der Waals surface area contributed by atoms with Crippen LogP contribution in [0.3, 0.4) is 0 Å². The second-order valence-corrected chi connectivity index (χ2v) is 12.6. The summed E-state index contributed by atoms with van der Waals surface area (Å²) in [6.07, 6.45) is 6.05. The number of hydrogen-bond donors (Lipinski definition) is 1. The zero-order valence-corrected chi connectivity index (χ0v) is 25.4. The van der Waals surface area contributed by atoms with E-state index < -0.39 is 21.5 Å². The van der Waals surface area contributed by atoms with Crippen LogP contribution in [0.5, 0.6) is 11.6 Å². The highest BCUT2D eigenvalue weighted by Gasteiger charge is 2.28. The fourth-order valence-electron chi connectivity index (χ4n) is 4.85. The highest BCUT2D eigenvalue weighted by Crippen LogP contribution is 2.24. The normalized spacial score (nSPS) is 14.2. The van der Waals surface area contributed by atoms with Crippen molar-refractivity contribution < 1.29 is 26.7 Å². The molecule has 0 unspecified atom stereocenters. The number of piperidine rings is 1. The van der Waals surface area contributed by atoms with Crippen LogP contribution in [-0.2, 0) is 22.1 Å². The van der Waals surface area contributed by atoms with Gasteiger partial charge in [0.25, 0.3) is 0 Å². The van der Waals surface area contributed by atoms with Crippen LogP contribution in [0.15, 0.2) is 60.8 Å². The van der Waals surface area contributed by atoms with Gasteiger partial charge in [-0.15, -0.1) is 12.4 Å². The van der Waals surface area contributed by atoms with Gasteiger partial charge in [0.05, 0.1) is 11.4 Å². The van der Waals surface area contributed by atoms with Crippen molar-refractivity contribution in [2.24, 2.45) is 0 Å². The lowest BCUT2D eigenvalue weighted by Crippen LogP contribution is -2.49. The maximum Gasteiger partial charge on any atom is 0.322 e. The number of hydrogen-bond acceptors (Lipinski definition) is 6. The minimum absolute atomic E-state index is 0. The number of ether oxygens (including phenoxy) is 1. The van der Waals surface area contributed by atoms with E-state index in [0.29, 0.717) is 23.7 Å². The number of nitrogens with zero attached hydrogens (tertiary/aromatic N) is 3. The number of benzene rings is 2. The smallest absolute Gasteiger partial charge is 0.322 e. The summed E-state index contributed by atoms with van der Waals surface area (Å²) in [6.45, 7) is 5.02. The number of sulfone groups is 1. The molecule has 4 rings (SSSR count). The second kappa shape index (κ2) is 15.3. The van der Waals surface area contributed by atoms with Gasteiger partial charge in [-0.3, -0.25) is 4.90 Å². The quantitative estimate of drug-likeness (QED) is 0.265. The number of unbranched alkanes of at least 4 members (excludes halogenated alkanes) is 1. The molecule has 0 radical (unpaired) electrons. The molecule has 1 aliphatic heterocycles. The number of aromatic nitrogens is 1. The van der Waals surface area contributed by atoms with E-state index in [1.807, 2.05) is 24.3 Å². The van der Waals surface area contributed by atoms with E-state index in [1.165, 1.54) is 18.5 Å². The summed E-state index contributed by atoms with van der Waals surface area (Å²) in [5.41, 5.74) is 1.71. The van der Waals surface area contributed by atoms with Gasteiger partial charge >= 0.3 is 6.03 Å². The zero-order valence-electron chi connectivity index (χ0n) is 23.8. The van der Waals surface area contributed by atoms with E-state index in [4.69, 9.17) is 4.74 Å². The highest BCUT2D eigenvalue weighted by atomic mass is 35.5. The third-order valence-corrected chi connectivity index (χ3v) is 7.82. The Labute approximate surface area is 252 Å². The maximum atomic E-state index is 14.1. The van der Waals surface area contributed by atoms with Crippen molar-refractivity contribution in [3.05, 3.63) is 83.6 Å². The molecule has 228 valence electrons. The van der Waals surface area contributed by atoms with Gasteiger partial charge in [-0.05, 0) is 54.7 Å². The van der Waals surface area contributed by atoms with Crippen molar-refractivity contribution in [3.8, 4) is 11.6 Å². The monoisotopic (exact) mass is 622 g/mol. The molecule has 2 aromatic carbocycles.